The van der Waals surface area contributed by atoms with Crippen LogP contribution >= 0.6 is 23.8 Å². The third-order valence-electron chi connectivity index (χ3n) is 5.81. The van der Waals surface area contributed by atoms with Crippen molar-refractivity contribution in [3.63, 3.8) is 0 Å². The zero-order chi connectivity index (χ0) is 23.4. The highest BCUT2D eigenvalue weighted by Gasteiger charge is 2.33. The highest BCUT2D eigenvalue weighted by molar-refractivity contribution is 7.80. The summed E-state index contributed by atoms with van der Waals surface area (Å²) in [5.41, 5.74) is 5.12. The number of hydrogen-bond acceptors (Lipinski definition) is 5. The number of nitrogens with zero attached hydrogens (tertiary/aromatic N) is 3. The van der Waals surface area contributed by atoms with E-state index in [4.69, 9.17) is 38.1 Å². The number of aromatic nitrogens is 2. The van der Waals surface area contributed by atoms with Crippen molar-refractivity contribution in [2.75, 3.05) is 20.3 Å². The number of rotatable bonds is 8. The molecule has 2 heterocycles. The maximum atomic E-state index is 6.03. The van der Waals surface area contributed by atoms with E-state index in [-0.39, 0.29) is 6.04 Å². The van der Waals surface area contributed by atoms with Crippen molar-refractivity contribution in [3.8, 4) is 11.4 Å². The molecule has 8 heteroatoms. The molecular weight excluding hydrogens is 456 g/mol. The van der Waals surface area contributed by atoms with Gasteiger partial charge in [-0.3, -0.25) is 0 Å². The third-order valence-corrected chi connectivity index (χ3v) is 6.40. The van der Waals surface area contributed by atoms with Crippen LogP contribution < -0.4 is 5.32 Å². The second-order valence-electron chi connectivity index (χ2n) is 7.90. The average molecular weight is 483 g/mol. The molecule has 1 unspecified atom stereocenters. The smallest absolute Gasteiger partial charge is 0.258 e. The van der Waals surface area contributed by atoms with Gasteiger partial charge in [-0.05, 0) is 67.4 Å². The number of halogens is 1. The quantitative estimate of drug-likeness (QED) is 0.328. The Morgan fingerprint density at radius 1 is 1.15 bits per heavy atom. The van der Waals surface area contributed by atoms with Gasteiger partial charge in [0.05, 0.1) is 11.6 Å². The molecule has 2 aromatic carbocycles. The second kappa shape index (κ2) is 10.5. The van der Waals surface area contributed by atoms with Gasteiger partial charge in [0, 0.05) is 36.5 Å². The van der Waals surface area contributed by atoms with E-state index >= 15 is 0 Å². The fourth-order valence-corrected chi connectivity index (χ4v) is 4.41. The Hall–Kier alpha value is -2.74. The van der Waals surface area contributed by atoms with Gasteiger partial charge in [-0.15, -0.1) is 0 Å². The van der Waals surface area contributed by atoms with Crippen LogP contribution in [-0.4, -0.2) is 40.4 Å². The minimum Gasteiger partial charge on any atom is -0.385 e. The number of allylic oxidation sites excluding steroid dienone is 1. The summed E-state index contributed by atoms with van der Waals surface area (Å²) in [7, 11) is 1.70. The maximum Gasteiger partial charge on any atom is 0.258 e. The lowest BCUT2D eigenvalue weighted by Crippen LogP contribution is -2.46. The van der Waals surface area contributed by atoms with Gasteiger partial charge in [0.1, 0.15) is 0 Å². The van der Waals surface area contributed by atoms with E-state index in [1.54, 1.807) is 7.11 Å². The molecule has 0 bridgehead atoms. The molecule has 0 saturated heterocycles. The Kier molecular flexibility index (Phi) is 7.42. The topological polar surface area (TPSA) is 63.4 Å². The lowest BCUT2D eigenvalue weighted by molar-refractivity contribution is 0.188. The van der Waals surface area contributed by atoms with E-state index in [2.05, 4.69) is 53.5 Å². The van der Waals surface area contributed by atoms with E-state index in [1.807, 2.05) is 24.3 Å². The van der Waals surface area contributed by atoms with Gasteiger partial charge in [0.25, 0.3) is 5.89 Å². The van der Waals surface area contributed by atoms with Crippen molar-refractivity contribution in [2.45, 2.75) is 32.7 Å². The molecule has 0 spiro atoms. The van der Waals surface area contributed by atoms with E-state index in [0.29, 0.717) is 28.5 Å². The average Bonchev–Trinajstić information content (AvgIpc) is 3.31. The van der Waals surface area contributed by atoms with Crippen LogP contribution in [0.5, 0.6) is 0 Å². The van der Waals surface area contributed by atoms with E-state index in [1.165, 1.54) is 5.56 Å². The molecule has 1 N–H and O–H groups in total. The predicted octanol–water partition coefficient (Wildman–Crippen LogP) is 5.65. The Morgan fingerprint density at radius 3 is 2.55 bits per heavy atom. The van der Waals surface area contributed by atoms with Crippen molar-refractivity contribution in [1.82, 2.24) is 20.4 Å². The van der Waals surface area contributed by atoms with Crippen LogP contribution in [0.2, 0.25) is 5.02 Å². The number of hydrogen-bond donors (Lipinski definition) is 1. The molecular formula is C25H27ClN4O2S. The van der Waals surface area contributed by atoms with Crippen LogP contribution in [-0.2, 0) is 11.2 Å². The van der Waals surface area contributed by atoms with Crippen LogP contribution in [0.4, 0.5) is 0 Å². The first kappa shape index (κ1) is 23.4. The molecule has 6 nitrogen and oxygen atoms in total. The molecule has 0 saturated carbocycles. The third kappa shape index (κ3) is 5.11. The molecule has 3 aromatic rings. The summed E-state index contributed by atoms with van der Waals surface area (Å²) in [6.07, 6.45) is 1.83. The van der Waals surface area contributed by atoms with Gasteiger partial charge in [-0.2, -0.15) is 4.98 Å². The molecule has 0 amide bonds. The fourth-order valence-electron chi connectivity index (χ4n) is 3.94. The first-order chi connectivity index (χ1) is 16.0. The predicted molar refractivity (Wildman–Crippen MR) is 135 cm³/mol. The van der Waals surface area contributed by atoms with Crippen LogP contribution in [0.1, 0.15) is 43.3 Å². The minimum absolute atomic E-state index is 0.194. The van der Waals surface area contributed by atoms with E-state index < -0.39 is 0 Å². The first-order valence-corrected chi connectivity index (χ1v) is 11.8. The van der Waals surface area contributed by atoms with Crippen molar-refractivity contribution in [1.29, 1.82) is 0 Å². The van der Waals surface area contributed by atoms with Crippen LogP contribution in [0.3, 0.4) is 0 Å². The van der Waals surface area contributed by atoms with Crippen molar-refractivity contribution in [3.05, 3.63) is 76.3 Å². The molecule has 0 radical (unpaired) electrons. The second-order valence-corrected chi connectivity index (χ2v) is 8.73. The summed E-state index contributed by atoms with van der Waals surface area (Å²) in [5.74, 6) is 0.981. The summed E-state index contributed by atoms with van der Waals surface area (Å²) in [6, 6.07) is 15.7. The van der Waals surface area contributed by atoms with Crippen LogP contribution in [0.15, 0.2) is 58.8 Å². The maximum absolute atomic E-state index is 6.03. The number of ether oxygens (including phenoxy) is 1. The largest absolute Gasteiger partial charge is 0.385 e. The SMILES string of the molecule is CCc1ccc(C2NC(=S)N(CCCOC)C(C)=C2c2nc(-c3ccc(Cl)cc3)no2)cc1. The first-order valence-electron chi connectivity index (χ1n) is 11.0. The number of aryl methyl sites for hydroxylation is 1. The zero-order valence-corrected chi connectivity index (χ0v) is 20.5. The van der Waals surface area contributed by atoms with E-state index in [0.717, 1.165) is 41.8 Å². The summed E-state index contributed by atoms with van der Waals surface area (Å²) < 4.78 is 11.0. The number of nitrogens with one attached hydrogen (secondary N) is 1. The summed E-state index contributed by atoms with van der Waals surface area (Å²) >= 11 is 11.8. The summed E-state index contributed by atoms with van der Waals surface area (Å²) in [4.78, 5) is 6.81. The molecule has 33 heavy (non-hydrogen) atoms. The fraction of sp³-hybridized carbons (Fsp3) is 0.320. The monoisotopic (exact) mass is 482 g/mol. The van der Waals surface area contributed by atoms with Crippen LogP contribution in [0.25, 0.3) is 17.0 Å². The number of thiocarbonyl (C=S) groups is 1. The Morgan fingerprint density at radius 2 is 1.88 bits per heavy atom. The van der Waals surface area contributed by atoms with Crippen molar-refractivity contribution < 1.29 is 9.26 Å². The standard InChI is InChI=1S/C25H27ClN4O2S/c1-4-17-6-8-18(9-7-17)22-21(16(2)30(25(33)27-22)14-5-15-31-3)24-28-23(29-32-24)19-10-12-20(26)13-11-19/h6-13,22H,4-5,14-15H2,1-3H3,(H,27,33). The van der Waals surface area contributed by atoms with Gasteiger partial charge in [-0.25, -0.2) is 0 Å². The lowest BCUT2D eigenvalue weighted by atomic mass is 9.94. The van der Waals surface area contributed by atoms with Gasteiger partial charge in [0.15, 0.2) is 5.11 Å². The van der Waals surface area contributed by atoms with Crippen molar-refractivity contribution in [2.24, 2.45) is 0 Å². The van der Waals surface area contributed by atoms with Crippen molar-refractivity contribution >= 4 is 34.5 Å². The Balaban J connectivity index is 1.75. The molecule has 4 rings (SSSR count). The molecule has 0 fully saturated rings. The van der Waals surface area contributed by atoms with Gasteiger partial charge in [0.2, 0.25) is 5.82 Å². The zero-order valence-electron chi connectivity index (χ0n) is 19.0. The Bertz CT molecular complexity index is 1140. The normalized spacial score (nSPS) is 16.3. The van der Waals surface area contributed by atoms with Gasteiger partial charge in [-0.1, -0.05) is 47.9 Å². The molecule has 172 valence electrons. The molecule has 1 aliphatic heterocycles. The number of methoxy groups -OCH3 is 1. The van der Waals surface area contributed by atoms with Gasteiger partial charge < -0.3 is 19.5 Å². The summed E-state index contributed by atoms with van der Waals surface area (Å²) in [5, 5.41) is 9.07. The summed E-state index contributed by atoms with van der Waals surface area (Å²) in [6.45, 7) is 5.58. The molecule has 1 atom stereocenters. The lowest BCUT2D eigenvalue weighted by Gasteiger charge is -2.37. The van der Waals surface area contributed by atoms with Gasteiger partial charge >= 0.3 is 0 Å². The Labute approximate surface area is 204 Å². The van der Waals surface area contributed by atoms with Crippen LogP contribution in [0, 0.1) is 0 Å². The minimum atomic E-state index is -0.194. The van der Waals surface area contributed by atoms with E-state index in [9.17, 15) is 0 Å². The highest BCUT2D eigenvalue weighted by atomic mass is 35.5. The highest BCUT2D eigenvalue weighted by Crippen LogP contribution is 2.37. The molecule has 0 aliphatic carbocycles. The molecule has 1 aliphatic rings. The number of benzene rings is 2. The molecule has 1 aromatic heterocycles.